The summed E-state index contributed by atoms with van der Waals surface area (Å²) in [5.41, 5.74) is 1.98. The Morgan fingerprint density at radius 3 is 2.81 bits per heavy atom. The minimum Gasteiger partial charge on any atom is -0.489 e. The number of hydrogen-bond donors (Lipinski definition) is 1. The van der Waals surface area contributed by atoms with E-state index in [1.54, 1.807) is 6.07 Å². The van der Waals surface area contributed by atoms with E-state index in [0.717, 1.165) is 17.9 Å². The predicted octanol–water partition coefficient (Wildman–Crippen LogP) is 4.31. The lowest BCUT2D eigenvalue weighted by atomic mass is 10.2. The molecule has 1 aliphatic rings. The lowest BCUT2D eigenvalue weighted by Crippen LogP contribution is -2.15. The van der Waals surface area contributed by atoms with E-state index in [0.29, 0.717) is 17.7 Å². The van der Waals surface area contributed by atoms with Crippen LogP contribution >= 0.6 is 11.6 Å². The van der Waals surface area contributed by atoms with Crippen LogP contribution in [0, 0.1) is 5.82 Å². The van der Waals surface area contributed by atoms with Crippen molar-refractivity contribution in [1.29, 1.82) is 0 Å². The number of benzene rings is 2. The van der Waals surface area contributed by atoms with E-state index in [2.05, 4.69) is 11.4 Å². The summed E-state index contributed by atoms with van der Waals surface area (Å²) in [5, 5.41) is 3.86. The molecule has 1 saturated carbocycles. The molecule has 1 N–H and O–H groups in total. The highest BCUT2D eigenvalue weighted by Crippen LogP contribution is 2.22. The molecule has 2 aromatic rings. The quantitative estimate of drug-likeness (QED) is 0.858. The molecule has 21 heavy (non-hydrogen) atoms. The van der Waals surface area contributed by atoms with Crippen LogP contribution in [0.25, 0.3) is 0 Å². The molecular weight excluding hydrogens is 289 g/mol. The molecule has 2 aromatic carbocycles. The molecule has 0 aromatic heterocycles. The Bertz CT molecular complexity index is 628. The van der Waals surface area contributed by atoms with Crippen LogP contribution in [-0.2, 0) is 13.2 Å². The van der Waals surface area contributed by atoms with Crippen LogP contribution in [0.4, 0.5) is 4.39 Å². The van der Waals surface area contributed by atoms with Crippen molar-refractivity contribution in [2.45, 2.75) is 32.0 Å². The second-order valence-electron chi connectivity index (χ2n) is 5.33. The van der Waals surface area contributed by atoms with Gasteiger partial charge in [0.15, 0.2) is 0 Å². The van der Waals surface area contributed by atoms with Crippen LogP contribution in [0.2, 0.25) is 5.02 Å². The van der Waals surface area contributed by atoms with Crippen LogP contribution in [-0.4, -0.2) is 6.04 Å². The van der Waals surface area contributed by atoms with Gasteiger partial charge in [0.25, 0.3) is 0 Å². The van der Waals surface area contributed by atoms with Gasteiger partial charge in [-0.1, -0.05) is 29.8 Å². The second kappa shape index (κ2) is 6.46. The van der Waals surface area contributed by atoms with Crippen molar-refractivity contribution in [3.05, 3.63) is 64.4 Å². The maximum atomic E-state index is 13.0. The van der Waals surface area contributed by atoms with Gasteiger partial charge in [0.2, 0.25) is 0 Å². The van der Waals surface area contributed by atoms with Gasteiger partial charge in [-0.15, -0.1) is 0 Å². The van der Waals surface area contributed by atoms with Crippen LogP contribution in [0.1, 0.15) is 24.0 Å². The fraction of sp³-hybridized carbons (Fsp3) is 0.294. The topological polar surface area (TPSA) is 21.3 Å². The lowest BCUT2D eigenvalue weighted by molar-refractivity contribution is 0.306. The van der Waals surface area contributed by atoms with Gasteiger partial charge in [0.1, 0.15) is 18.2 Å². The third kappa shape index (κ3) is 4.19. The van der Waals surface area contributed by atoms with Gasteiger partial charge in [0.05, 0.1) is 5.02 Å². The summed E-state index contributed by atoms with van der Waals surface area (Å²) in [4.78, 5) is 0. The van der Waals surface area contributed by atoms with Crippen molar-refractivity contribution < 1.29 is 9.13 Å². The molecule has 110 valence electrons. The van der Waals surface area contributed by atoms with E-state index < -0.39 is 0 Å². The van der Waals surface area contributed by atoms with E-state index in [9.17, 15) is 4.39 Å². The van der Waals surface area contributed by atoms with Crippen molar-refractivity contribution in [3.8, 4) is 5.75 Å². The fourth-order valence-corrected chi connectivity index (χ4v) is 2.32. The summed E-state index contributed by atoms with van der Waals surface area (Å²) >= 11 is 5.99. The predicted molar refractivity (Wildman–Crippen MR) is 82.0 cm³/mol. The van der Waals surface area contributed by atoms with Crippen molar-refractivity contribution in [1.82, 2.24) is 5.32 Å². The minimum absolute atomic E-state index is 0.332. The van der Waals surface area contributed by atoms with Gasteiger partial charge in [-0.25, -0.2) is 4.39 Å². The smallest absolute Gasteiger partial charge is 0.124 e. The van der Waals surface area contributed by atoms with Gasteiger partial charge in [-0.2, -0.15) is 0 Å². The van der Waals surface area contributed by atoms with Crippen LogP contribution in [0.5, 0.6) is 5.75 Å². The molecule has 3 rings (SSSR count). The largest absolute Gasteiger partial charge is 0.489 e. The molecule has 2 nitrogen and oxygen atoms in total. The Balaban J connectivity index is 1.60. The first-order valence-electron chi connectivity index (χ1n) is 7.10. The van der Waals surface area contributed by atoms with Crippen LogP contribution < -0.4 is 10.1 Å². The SMILES string of the molecule is Fc1ccc(COc2cccc(CNC3CC3)c2)c(Cl)c1. The molecule has 0 unspecified atom stereocenters. The van der Waals surface area contributed by atoms with E-state index in [1.807, 2.05) is 18.2 Å². The second-order valence-corrected chi connectivity index (χ2v) is 5.73. The van der Waals surface area contributed by atoms with E-state index in [4.69, 9.17) is 16.3 Å². The van der Waals surface area contributed by atoms with Crippen molar-refractivity contribution >= 4 is 11.6 Å². The summed E-state index contributed by atoms with van der Waals surface area (Å²) in [5.74, 6) is 0.461. The zero-order valence-electron chi connectivity index (χ0n) is 11.6. The van der Waals surface area contributed by atoms with Gasteiger partial charge in [0, 0.05) is 18.2 Å². The van der Waals surface area contributed by atoms with Crippen molar-refractivity contribution in [3.63, 3.8) is 0 Å². The fourth-order valence-electron chi connectivity index (χ4n) is 2.09. The summed E-state index contributed by atoms with van der Waals surface area (Å²) < 4.78 is 18.7. The molecule has 0 bridgehead atoms. The summed E-state index contributed by atoms with van der Waals surface area (Å²) in [6.07, 6.45) is 2.55. The maximum Gasteiger partial charge on any atom is 0.124 e. The van der Waals surface area contributed by atoms with E-state index in [-0.39, 0.29) is 5.82 Å². The van der Waals surface area contributed by atoms with Gasteiger partial charge in [-0.05, 0) is 42.7 Å². The number of nitrogens with one attached hydrogen (secondary N) is 1. The average Bonchev–Trinajstić information content (AvgIpc) is 3.29. The molecule has 0 aliphatic heterocycles. The lowest BCUT2D eigenvalue weighted by Gasteiger charge is -2.10. The third-order valence-electron chi connectivity index (χ3n) is 3.48. The number of halogens is 2. The zero-order chi connectivity index (χ0) is 14.7. The Morgan fingerprint density at radius 2 is 2.05 bits per heavy atom. The molecule has 0 heterocycles. The molecule has 0 amide bonds. The normalized spacial score (nSPS) is 14.2. The van der Waals surface area contributed by atoms with Crippen molar-refractivity contribution in [2.75, 3.05) is 0 Å². The van der Waals surface area contributed by atoms with Gasteiger partial charge >= 0.3 is 0 Å². The first kappa shape index (κ1) is 14.4. The highest BCUT2D eigenvalue weighted by Gasteiger charge is 2.19. The third-order valence-corrected chi connectivity index (χ3v) is 3.83. The van der Waals surface area contributed by atoms with E-state index in [1.165, 1.54) is 30.5 Å². The molecule has 1 aliphatic carbocycles. The van der Waals surface area contributed by atoms with Gasteiger partial charge < -0.3 is 10.1 Å². The molecule has 0 radical (unpaired) electrons. The molecule has 0 spiro atoms. The number of hydrogen-bond acceptors (Lipinski definition) is 2. The Kier molecular flexibility index (Phi) is 4.42. The molecule has 4 heteroatoms. The Labute approximate surface area is 128 Å². The number of ether oxygens (including phenoxy) is 1. The van der Waals surface area contributed by atoms with E-state index >= 15 is 0 Å². The standard InChI is InChI=1S/C17H17ClFNO/c18-17-9-14(19)5-4-13(17)11-21-16-3-1-2-12(8-16)10-20-15-6-7-15/h1-5,8-9,15,20H,6-7,10-11H2. The average molecular weight is 306 g/mol. The summed E-state index contributed by atoms with van der Waals surface area (Å²) in [7, 11) is 0. The van der Waals surface area contributed by atoms with Crippen molar-refractivity contribution in [2.24, 2.45) is 0 Å². The highest BCUT2D eigenvalue weighted by molar-refractivity contribution is 6.31. The van der Waals surface area contributed by atoms with Crippen LogP contribution in [0.15, 0.2) is 42.5 Å². The Morgan fingerprint density at radius 1 is 1.19 bits per heavy atom. The summed E-state index contributed by atoms with van der Waals surface area (Å²) in [6, 6.07) is 13.0. The van der Waals surface area contributed by atoms with Crippen LogP contribution in [0.3, 0.4) is 0 Å². The van der Waals surface area contributed by atoms with Gasteiger partial charge in [-0.3, -0.25) is 0 Å². The molecule has 0 saturated heterocycles. The summed E-state index contributed by atoms with van der Waals surface area (Å²) in [6.45, 7) is 1.19. The Hall–Kier alpha value is -1.58. The number of rotatable bonds is 6. The molecular formula is C17H17ClFNO. The highest BCUT2D eigenvalue weighted by atomic mass is 35.5. The monoisotopic (exact) mass is 305 g/mol. The minimum atomic E-state index is -0.336. The maximum absolute atomic E-state index is 13.0. The first-order valence-corrected chi connectivity index (χ1v) is 7.47. The molecule has 0 atom stereocenters. The zero-order valence-corrected chi connectivity index (χ0v) is 12.4. The first-order chi connectivity index (χ1) is 10.2. The molecule has 1 fully saturated rings.